The summed E-state index contributed by atoms with van der Waals surface area (Å²) in [4.78, 5) is 1.02. The third-order valence-corrected chi connectivity index (χ3v) is 7.47. The summed E-state index contributed by atoms with van der Waals surface area (Å²) < 4.78 is 33.1. The molecule has 2 heterocycles. The Hall–Kier alpha value is -2.32. The normalized spacial score (nSPS) is 12.7. The van der Waals surface area contributed by atoms with Gasteiger partial charge in [-0.3, -0.25) is 9.40 Å². The number of hydrogen-bond donors (Lipinski definition) is 1. The van der Waals surface area contributed by atoms with Crippen LogP contribution in [-0.2, 0) is 16.6 Å². The molecule has 0 saturated heterocycles. The Morgan fingerprint density at radius 2 is 2.07 bits per heavy atom. The zero-order valence-electron chi connectivity index (χ0n) is 17.0. The third kappa shape index (κ3) is 5.19. The van der Waals surface area contributed by atoms with Crippen LogP contribution in [0.1, 0.15) is 32.8 Å². The van der Waals surface area contributed by atoms with Gasteiger partial charge in [0.25, 0.3) is 0 Å². The van der Waals surface area contributed by atoms with Gasteiger partial charge in [0.15, 0.2) is 0 Å². The fraction of sp³-hybridized carbons (Fsp3) is 0.381. The van der Waals surface area contributed by atoms with Crippen LogP contribution >= 0.6 is 11.3 Å². The van der Waals surface area contributed by atoms with Crippen LogP contribution in [-0.4, -0.2) is 31.0 Å². The van der Waals surface area contributed by atoms with Crippen molar-refractivity contribution in [2.45, 2.75) is 33.7 Å². The molecule has 8 heteroatoms. The molecule has 0 saturated carbocycles. The van der Waals surface area contributed by atoms with Crippen molar-refractivity contribution in [1.29, 1.82) is 0 Å². The van der Waals surface area contributed by atoms with E-state index in [-0.39, 0.29) is 12.3 Å². The first-order chi connectivity index (χ1) is 13.9. The van der Waals surface area contributed by atoms with E-state index in [0.29, 0.717) is 24.0 Å². The molecule has 1 atom stereocenters. The van der Waals surface area contributed by atoms with E-state index >= 15 is 0 Å². The fourth-order valence-electron chi connectivity index (χ4n) is 2.81. The fourth-order valence-corrected chi connectivity index (χ4v) is 4.65. The monoisotopic (exact) mass is 433 g/mol. The molecule has 0 aliphatic heterocycles. The van der Waals surface area contributed by atoms with E-state index in [4.69, 9.17) is 4.74 Å². The van der Waals surface area contributed by atoms with Crippen molar-refractivity contribution < 1.29 is 13.2 Å². The molecule has 2 aromatic heterocycles. The zero-order chi connectivity index (χ0) is 20.9. The number of thiophene rings is 1. The van der Waals surface area contributed by atoms with Crippen molar-refractivity contribution >= 4 is 27.0 Å². The summed E-state index contributed by atoms with van der Waals surface area (Å²) in [7, 11) is -3.49. The molecule has 0 spiro atoms. The van der Waals surface area contributed by atoms with Crippen molar-refractivity contribution in [3.8, 4) is 16.3 Å². The van der Waals surface area contributed by atoms with Gasteiger partial charge >= 0.3 is 0 Å². The van der Waals surface area contributed by atoms with Crippen LogP contribution in [0.25, 0.3) is 10.6 Å². The van der Waals surface area contributed by atoms with Crippen LogP contribution in [0.3, 0.4) is 0 Å². The average molecular weight is 434 g/mol. The summed E-state index contributed by atoms with van der Waals surface area (Å²) in [6.45, 7) is 6.71. The molecule has 156 valence electrons. The predicted octanol–water partition coefficient (Wildman–Crippen LogP) is 4.92. The van der Waals surface area contributed by atoms with Crippen molar-refractivity contribution in [1.82, 2.24) is 10.2 Å². The Balaban J connectivity index is 1.91. The van der Waals surface area contributed by atoms with Gasteiger partial charge in [-0.15, -0.1) is 11.3 Å². The molecule has 0 radical (unpaired) electrons. The number of nitrogens with zero attached hydrogens (tertiary/aromatic N) is 2. The van der Waals surface area contributed by atoms with E-state index in [9.17, 15) is 8.42 Å². The maximum Gasteiger partial charge on any atom is 0.235 e. The summed E-state index contributed by atoms with van der Waals surface area (Å²) in [5, 5.41) is 9.13. The summed E-state index contributed by atoms with van der Waals surface area (Å²) in [6.07, 6.45) is 2.72. The van der Waals surface area contributed by atoms with Gasteiger partial charge in [0, 0.05) is 11.6 Å². The number of anilines is 1. The number of rotatable bonds is 10. The Labute approximate surface area is 176 Å². The maximum atomic E-state index is 12.9. The van der Waals surface area contributed by atoms with Crippen LogP contribution < -0.4 is 9.04 Å². The van der Waals surface area contributed by atoms with E-state index < -0.39 is 10.0 Å². The molecule has 29 heavy (non-hydrogen) atoms. The van der Waals surface area contributed by atoms with Crippen LogP contribution in [0, 0.1) is 5.92 Å². The van der Waals surface area contributed by atoms with Gasteiger partial charge in [-0.05, 0) is 36.4 Å². The first kappa shape index (κ1) is 21.4. The summed E-state index contributed by atoms with van der Waals surface area (Å²) in [5.41, 5.74) is 2.27. The van der Waals surface area contributed by atoms with Gasteiger partial charge in [-0.25, -0.2) is 8.42 Å². The average Bonchev–Trinajstić information content (AvgIpc) is 3.41. The molecule has 1 N–H and O–H groups in total. The number of benzene rings is 1. The lowest BCUT2D eigenvalue weighted by molar-refractivity contribution is 0.256. The second-order valence-electron chi connectivity index (χ2n) is 6.98. The number of aromatic nitrogens is 2. The Morgan fingerprint density at radius 3 is 2.76 bits per heavy atom. The molecule has 0 fully saturated rings. The SMILES string of the molecule is CCC(C)COc1cccc(N(Cc2cn[nH]c2-c2cccs2)S(=O)(=O)CC)c1. The van der Waals surface area contributed by atoms with Crippen molar-refractivity contribution in [2.24, 2.45) is 5.92 Å². The van der Waals surface area contributed by atoms with Crippen LogP contribution in [0.15, 0.2) is 48.0 Å². The number of nitrogens with one attached hydrogen (secondary N) is 1. The smallest absolute Gasteiger partial charge is 0.235 e. The molecular formula is C21H27N3O3S2. The highest BCUT2D eigenvalue weighted by Gasteiger charge is 2.24. The zero-order valence-corrected chi connectivity index (χ0v) is 18.6. The third-order valence-electron chi connectivity index (χ3n) is 4.84. The Morgan fingerprint density at radius 1 is 1.24 bits per heavy atom. The summed E-state index contributed by atoms with van der Waals surface area (Å²) >= 11 is 1.59. The van der Waals surface area contributed by atoms with E-state index in [0.717, 1.165) is 22.6 Å². The summed E-state index contributed by atoms with van der Waals surface area (Å²) in [5.74, 6) is 1.12. The predicted molar refractivity (Wildman–Crippen MR) is 119 cm³/mol. The number of aromatic amines is 1. The molecule has 0 amide bonds. The highest BCUT2D eigenvalue weighted by atomic mass is 32.2. The lowest BCUT2D eigenvalue weighted by Crippen LogP contribution is -2.32. The first-order valence-electron chi connectivity index (χ1n) is 9.74. The minimum Gasteiger partial charge on any atom is -0.493 e. The minimum absolute atomic E-state index is 0.0111. The van der Waals surface area contributed by atoms with Crippen LogP contribution in [0.5, 0.6) is 5.75 Å². The van der Waals surface area contributed by atoms with Crippen molar-refractivity contribution in [2.75, 3.05) is 16.7 Å². The first-order valence-corrected chi connectivity index (χ1v) is 12.2. The molecule has 1 aromatic carbocycles. The number of sulfonamides is 1. The lowest BCUT2D eigenvalue weighted by Gasteiger charge is -2.24. The minimum atomic E-state index is -3.49. The van der Waals surface area contributed by atoms with Crippen LogP contribution in [0.4, 0.5) is 5.69 Å². The molecule has 3 rings (SSSR count). The quantitative estimate of drug-likeness (QED) is 0.492. The molecule has 0 aliphatic rings. The highest BCUT2D eigenvalue weighted by Crippen LogP contribution is 2.30. The largest absolute Gasteiger partial charge is 0.493 e. The maximum absolute atomic E-state index is 12.9. The Kier molecular flexibility index (Phi) is 6.97. The number of H-pyrrole nitrogens is 1. The van der Waals surface area contributed by atoms with Crippen molar-refractivity contribution in [3.63, 3.8) is 0 Å². The van der Waals surface area contributed by atoms with E-state index in [1.54, 1.807) is 36.6 Å². The topological polar surface area (TPSA) is 75.3 Å². The van der Waals surface area contributed by atoms with Gasteiger partial charge in [-0.1, -0.05) is 32.4 Å². The molecule has 1 unspecified atom stereocenters. The van der Waals surface area contributed by atoms with E-state index in [1.165, 1.54) is 4.31 Å². The second kappa shape index (κ2) is 9.45. The highest BCUT2D eigenvalue weighted by molar-refractivity contribution is 7.92. The van der Waals surface area contributed by atoms with Gasteiger partial charge < -0.3 is 4.74 Å². The van der Waals surface area contributed by atoms with Gasteiger partial charge in [0.1, 0.15) is 5.75 Å². The lowest BCUT2D eigenvalue weighted by atomic mass is 10.1. The van der Waals surface area contributed by atoms with E-state index in [1.807, 2.05) is 29.6 Å². The molecule has 0 aliphatic carbocycles. The van der Waals surface area contributed by atoms with Crippen LogP contribution in [0.2, 0.25) is 0 Å². The van der Waals surface area contributed by atoms with E-state index in [2.05, 4.69) is 24.0 Å². The van der Waals surface area contributed by atoms with Crippen molar-refractivity contribution in [3.05, 3.63) is 53.5 Å². The molecule has 0 bridgehead atoms. The van der Waals surface area contributed by atoms with Gasteiger partial charge in [0.2, 0.25) is 10.0 Å². The molecular weight excluding hydrogens is 406 g/mol. The molecule has 3 aromatic rings. The summed E-state index contributed by atoms with van der Waals surface area (Å²) in [6, 6.07) is 11.2. The van der Waals surface area contributed by atoms with Gasteiger partial charge in [0.05, 0.1) is 41.4 Å². The number of hydrogen-bond acceptors (Lipinski definition) is 5. The van der Waals surface area contributed by atoms with Gasteiger partial charge in [-0.2, -0.15) is 5.10 Å². The number of ether oxygens (including phenoxy) is 1. The molecule has 6 nitrogen and oxygen atoms in total. The second-order valence-corrected chi connectivity index (χ2v) is 10.1. The Bertz CT molecular complexity index is 1010. The standard InChI is InChI=1S/C21H27N3O3S2/c1-4-16(3)15-27-19-9-6-8-18(12-19)24(29(25,26)5-2)14-17-13-22-23-21(17)20-10-7-11-28-20/h6-13,16H,4-5,14-15H2,1-3H3,(H,22,23).